The molecule has 0 spiro atoms. The SMILES string of the molecule is CC1(c2cccc(C(=O)N3CCCC3CO)c2)CCSC(N)=N1. The molecule has 23 heavy (non-hydrogen) atoms. The number of benzene rings is 1. The van der Waals surface area contributed by atoms with Gasteiger partial charge in [-0.15, -0.1) is 0 Å². The molecule has 124 valence electrons. The molecule has 1 aromatic rings. The monoisotopic (exact) mass is 333 g/mol. The molecule has 1 saturated heterocycles. The van der Waals surface area contributed by atoms with Crippen LogP contribution in [0.3, 0.4) is 0 Å². The molecule has 0 saturated carbocycles. The van der Waals surface area contributed by atoms with Crippen molar-refractivity contribution in [2.24, 2.45) is 10.7 Å². The molecule has 0 aliphatic carbocycles. The smallest absolute Gasteiger partial charge is 0.254 e. The number of carbonyl (C=O) groups is 1. The quantitative estimate of drug-likeness (QED) is 0.886. The molecule has 2 heterocycles. The minimum absolute atomic E-state index is 0.00543. The first-order chi connectivity index (χ1) is 11.0. The summed E-state index contributed by atoms with van der Waals surface area (Å²) in [7, 11) is 0. The zero-order valence-electron chi connectivity index (χ0n) is 13.4. The molecule has 0 aromatic heterocycles. The van der Waals surface area contributed by atoms with E-state index in [9.17, 15) is 9.90 Å². The molecule has 2 aliphatic heterocycles. The fraction of sp³-hybridized carbons (Fsp3) is 0.529. The number of amides is 1. The van der Waals surface area contributed by atoms with Gasteiger partial charge < -0.3 is 15.7 Å². The molecule has 6 heteroatoms. The Balaban J connectivity index is 1.88. The number of aliphatic imine (C=N–C) groups is 1. The fourth-order valence-corrected chi connectivity index (χ4v) is 4.32. The third-order valence-electron chi connectivity index (χ3n) is 4.78. The Labute approximate surface area is 141 Å². The lowest BCUT2D eigenvalue weighted by Gasteiger charge is -2.30. The summed E-state index contributed by atoms with van der Waals surface area (Å²) >= 11 is 1.57. The molecule has 5 nitrogen and oxygen atoms in total. The molecule has 3 rings (SSSR count). The van der Waals surface area contributed by atoms with Crippen LogP contribution >= 0.6 is 11.8 Å². The standard InChI is InChI=1S/C17H23N3O2S/c1-17(7-9-23-16(18)19-17)13-5-2-4-12(10-13)15(22)20-8-3-6-14(20)11-21/h2,4-5,10,14,21H,3,6-9,11H2,1H3,(H2,18,19). The molecule has 0 bridgehead atoms. The van der Waals surface area contributed by atoms with Crippen molar-refractivity contribution in [3.05, 3.63) is 35.4 Å². The number of thioether (sulfide) groups is 1. The van der Waals surface area contributed by atoms with Gasteiger partial charge in [0.05, 0.1) is 18.2 Å². The van der Waals surface area contributed by atoms with E-state index >= 15 is 0 Å². The minimum atomic E-state index is -0.368. The van der Waals surface area contributed by atoms with Gasteiger partial charge in [-0.1, -0.05) is 23.9 Å². The van der Waals surface area contributed by atoms with Crippen molar-refractivity contribution in [2.45, 2.75) is 37.8 Å². The largest absolute Gasteiger partial charge is 0.394 e. The number of hydrogen-bond donors (Lipinski definition) is 2. The van der Waals surface area contributed by atoms with Crippen LogP contribution in [0.25, 0.3) is 0 Å². The average molecular weight is 333 g/mol. The van der Waals surface area contributed by atoms with E-state index in [-0.39, 0.29) is 24.1 Å². The zero-order valence-corrected chi connectivity index (χ0v) is 14.2. The van der Waals surface area contributed by atoms with Gasteiger partial charge in [-0.25, -0.2) is 0 Å². The van der Waals surface area contributed by atoms with E-state index < -0.39 is 0 Å². The number of rotatable bonds is 3. The lowest BCUT2D eigenvalue weighted by molar-refractivity contribution is 0.0677. The summed E-state index contributed by atoms with van der Waals surface area (Å²) in [6.45, 7) is 2.81. The topological polar surface area (TPSA) is 78.9 Å². The van der Waals surface area contributed by atoms with Crippen LogP contribution in [0.2, 0.25) is 0 Å². The number of nitrogens with two attached hydrogens (primary N) is 1. The molecular formula is C17H23N3O2S. The van der Waals surface area contributed by atoms with Gasteiger partial charge in [-0.2, -0.15) is 0 Å². The van der Waals surface area contributed by atoms with Crippen LogP contribution in [0.5, 0.6) is 0 Å². The van der Waals surface area contributed by atoms with Crippen LogP contribution in [0.4, 0.5) is 0 Å². The van der Waals surface area contributed by atoms with Crippen molar-refractivity contribution in [3.63, 3.8) is 0 Å². The summed E-state index contributed by atoms with van der Waals surface area (Å²) < 4.78 is 0. The molecule has 2 unspecified atom stereocenters. The molecule has 1 amide bonds. The van der Waals surface area contributed by atoms with Crippen LogP contribution < -0.4 is 5.73 Å². The van der Waals surface area contributed by atoms with Crippen molar-refractivity contribution < 1.29 is 9.90 Å². The number of aliphatic hydroxyl groups is 1. The minimum Gasteiger partial charge on any atom is -0.394 e. The van der Waals surface area contributed by atoms with Crippen molar-refractivity contribution in [3.8, 4) is 0 Å². The van der Waals surface area contributed by atoms with E-state index in [1.54, 1.807) is 16.7 Å². The lowest BCUT2D eigenvalue weighted by atomic mass is 9.88. The van der Waals surface area contributed by atoms with Crippen LogP contribution in [-0.2, 0) is 5.54 Å². The molecule has 0 radical (unpaired) electrons. The first-order valence-electron chi connectivity index (χ1n) is 8.04. The summed E-state index contributed by atoms with van der Waals surface area (Å²) in [6.07, 6.45) is 2.73. The zero-order chi connectivity index (χ0) is 16.4. The van der Waals surface area contributed by atoms with Crippen molar-refractivity contribution in [2.75, 3.05) is 18.9 Å². The van der Waals surface area contributed by atoms with Crippen molar-refractivity contribution >= 4 is 22.8 Å². The molecule has 2 aliphatic rings. The summed E-state index contributed by atoms with van der Waals surface area (Å²) in [5, 5.41) is 10.0. The molecule has 1 fully saturated rings. The summed E-state index contributed by atoms with van der Waals surface area (Å²) in [6, 6.07) is 7.64. The number of amidine groups is 1. The Morgan fingerprint density at radius 3 is 3.13 bits per heavy atom. The average Bonchev–Trinajstić information content (AvgIpc) is 3.02. The van der Waals surface area contributed by atoms with E-state index in [1.807, 2.05) is 24.3 Å². The second kappa shape index (κ2) is 6.53. The lowest BCUT2D eigenvalue weighted by Crippen LogP contribution is -2.37. The van der Waals surface area contributed by atoms with Gasteiger partial charge in [0.2, 0.25) is 0 Å². The Morgan fingerprint density at radius 2 is 2.39 bits per heavy atom. The van der Waals surface area contributed by atoms with Gasteiger partial charge in [0.25, 0.3) is 5.91 Å². The highest BCUT2D eigenvalue weighted by atomic mass is 32.2. The highest BCUT2D eigenvalue weighted by Crippen LogP contribution is 2.35. The normalized spacial score (nSPS) is 27.8. The highest BCUT2D eigenvalue weighted by molar-refractivity contribution is 8.13. The third kappa shape index (κ3) is 3.23. The Kier molecular flexibility index (Phi) is 4.64. The highest BCUT2D eigenvalue weighted by Gasteiger charge is 2.32. The number of hydrogen-bond acceptors (Lipinski definition) is 5. The first-order valence-corrected chi connectivity index (χ1v) is 9.02. The van der Waals surface area contributed by atoms with E-state index in [0.29, 0.717) is 17.3 Å². The van der Waals surface area contributed by atoms with E-state index in [0.717, 1.165) is 30.6 Å². The Bertz CT molecular complexity index is 634. The van der Waals surface area contributed by atoms with Gasteiger partial charge >= 0.3 is 0 Å². The predicted octanol–water partition coefficient (Wildman–Crippen LogP) is 1.95. The summed E-state index contributed by atoms with van der Waals surface area (Å²) in [5.74, 6) is 0.928. The maximum Gasteiger partial charge on any atom is 0.254 e. The van der Waals surface area contributed by atoms with Gasteiger partial charge in [0.15, 0.2) is 5.17 Å². The summed E-state index contributed by atoms with van der Waals surface area (Å²) in [4.78, 5) is 19.2. The summed E-state index contributed by atoms with van der Waals surface area (Å²) in [5.41, 5.74) is 7.21. The van der Waals surface area contributed by atoms with Crippen LogP contribution in [0.1, 0.15) is 42.1 Å². The number of carbonyl (C=O) groups excluding carboxylic acids is 1. The van der Waals surface area contributed by atoms with Gasteiger partial charge in [0.1, 0.15) is 0 Å². The first kappa shape index (κ1) is 16.3. The number of nitrogens with zero attached hydrogens (tertiary/aromatic N) is 2. The molecule has 1 aromatic carbocycles. The van der Waals surface area contributed by atoms with Gasteiger partial charge in [-0.3, -0.25) is 9.79 Å². The second-order valence-electron chi connectivity index (χ2n) is 6.38. The maximum absolute atomic E-state index is 12.8. The molecular weight excluding hydrogens is 310 g/mol. The second-order valence-corrected chi connectivity index (χ2v) is 7.50. The van der Waals surface area contributed by atoms with Crippen molar-refractivity contribution in [1.29, 1.82) is 0 Å². The number of likely N-dealkylation sites (tertiary alicyclic amines) is 1. The number of aliphatic hydroxyl groups excluding tert-OH is 1. The molecule has 2 atom stereocenters. The van der Waals surface area contributed by atoms with Crippen LogP contribution in [-0.4, -0.2) is 46.0 Å². The van der Waals surface area contributed by atoms with E-state index in [1.165, 1.54) is 0 Å². The molecule has 3 N–H and O–H groups in total. The van der Waals surface area contributed by atoms with Crippen LogP contribution in [0, 0.1) is 0 Å². The van der Waals surface area contributed by atoms with E-state index in [4.69, 9.17) is 5.73 Å². The fourth-order valence-electron chi connectivity index (χ4n) is 3.34. The predicted molar refractivity (Wildman–Crippen MR) is 93.6 cm³/mol. The maximum atomic E-state index is 12.8. The van der Waals surface area contributed by atoms with Gasteiger partial charge in [-0.05, 0) is 43.9 Å². The Hall–Kier alpha value is -1.53. The van der Waals surface area contributed by atoms with Gasteiger partial charge in [0, 0.05) is 17.9 Å². The Morgan fingerprint density at radius 1 is 1.57 bits per heavy atom. The van der Waals surface area contributed by atoms with E-state index in [2.05, 4.69) is 11.9 Å². The van der Waals surface area contributed by atoms with Crippen LogP contribution in [0.15, 0.2) is 29.3 Å². The third-order valence-corrected chi connectivity index (χ3v) is 5.57. The van der Waals surface area contributed by atoms with Crippen molar-refractivity contribution in [1.82, 2.24) is 4.90 Å².